The summed E-state index contributed by atoms with van der Waals surface area (Å²) in [4.78, 5) is 4.82. The van der Waals surface area contributed by atoms with Crippen LogP contribution in [0, 0.1) is 6.92 Å². The Balaban J connectivity index is 2.01. The summed E-state index contributed by atoms with van der Waals surface area (Å²) in [5.74, 6) is 2.05. The summed E-state index contributed by atoms with van der Waals surface area (Å²) in [7, 11) is 0. The van der Waals surface area contributed by atoms with Crippen molar-refractivity contribution in [3.63, 3.8) is 0 Å². The van der Waals surface area contributed by atoms with Gasteiger partial charge in [0.1, 0.15) is 0 Å². The number of aliphatic imine (C=N–C) groups is 1. The van der Waals surface area contributed by atoms with Crippen LogP contribution in [-0.4, -0.2) is 37.6 Å². The Bertz CT molecular complexity index is 481. The zero-order chi connectivity index (χ0) is 15.1. The maximum Gasteiger partial charge on any atom is 0.191 e. The van der Waals surface area contributed by atoms with Crippen LogP contribution >= 0.6 is 11.8 Å². The highest BCUT2D eigenvalue weighted by atomic mass is 32.2. The van der Waals surface area contributed by atoms with Crippen LogP contribution < -0.4 is 10.6 Å². The highest BCUT2D eigenvalue weighted by Crippen LogP contribution is 2.49. The van der Waals surface area contributed by atoms with E-state index in [2.05, 4.69) is 55.0 Å². The SMILES string of the molecule is CCNC(=NCC1(c2ccccc2C)CC1)NCCSC. The first-order valence-electron chi connectivity index (χ1n) is 7.79. The van der Waals surface area contributed by atoms with Gasteiger partial charge in [0.25, 0.3) is 0 Å². The Morgan fingerprint density at radius 3 is 2.67 bits per heavy atom. The van der Waals surface area contributed by atoms with Crippen LogP contribution in [0.15, 0.2) is 29.3 Å². The molecule has 4 heteroatoms. The van der Waals surface area contributed by atoms with Crippen molar-refractivity contribution in [1.82, 2.24) is 10.6 Å². The summed E-state index contributed by atoms with van der Waals surface area (Å²) in [6, 6.07) is 8.74. The third-order valence-electron chi connectivity index (χ3n) is 4.05. The molecule has 1 aromatic carbocycles. The molecule has 1 aliphatic carbocycles. The molecule has 1 saturated carbocycles. The zero-order valence-electron chi connectivity index (χ0n) is 13.4. The molecule has 0 aromatic heterocycles. The van der Waals surface area contributed by atoms with Gasteiger partial charge in [0.15, 0.2) is 5.96 Å². The van der Waals surface area contributed by atoms with Crippen LogP contribution in [0.1, 0.15) is 30.9 Å². The molecule has 0 spiro atoms. The topological polar surface area (TPSA) is 36.4 Å². The average molecular weight is 305 g/mol. The van der Waals surface area contributed by atoms with Crippen molar-refractivity contribution in [2.75, 3.05) is 31.6 Å². The van der Waals surface area contributed by atoms with Crippen molar-refractivity contribution in [3.8, 4) is 0 Å². The first kappa shape index (κ1) is 16.2. The normalized spacial score (nSPS) is 16.6. The van der Waals surface area contributed by atoms with Crippen LogP contribution in [0.4, 0.5) is 0 Å². The van der Waals surface area contributed by atoms with Gasteiger partial charge in [-0.1, -0.05) is 24.3 Å². The van der Waals surface area contributed by atoms with E-state index in [1.165, 1.54) is 24.0 Å². The summed E-state index contributed by atoms with van der Waals surface area (Å²) < 4.78 is 0. The Kier molecular flexibility index (Phi) is 5.97. The van der Waals surface area contributed by atoms with Crippen LogP contribution in [-0.2, 0) is 5.41 Å². The van der Waals surface area contributed by atoms with E-state index < -0.39 is 0 Å². The van der Waals surface area contributed by atoms with E-state index in [1.54, 1.807) is 0 Å². The highest BCUT2D eigenvalue weighted by molar-refractivity contribution is 7.98. The van der Waals surface area contributed by atoms with Crippen molar-refractivity contribution >= 4 is 17.7 Å². The van der Waals surface area contributed by atoms with Crippen LogP contribution in [0.5, 0.6) is 0 Å². The van der Waals surface area contributed by atoms with Crippen LogP contribution in [0.3, 0.4) is 0 Å². The van der Waals surface area contributed by atoms with Gasteiger partial charge in [-0.25, -0.2) is 0 Å². The van der Waals surface area contributed by atoms with Gasteiger partial charge in [-0.15, -0.1) is 0 Å². The molecule has 2 N–H and O–H groups in total. The lowest BCUT2D eigenvalue weighted by Crippen LogP contribution is -2.39. The Labute approximate surface area is 133 Å². The lowest BCUT2D eigenvalue weighted by molar-refractivity contribution is 0.690. The number of thioether (sulfide) groups is 1. The Morgan fingerprint density at radius 2 is 2.05 bits per heavy atom. The number of hydrogen-bond acceptors (Lipinski definition) is 2. The molecule has 1 aliphatic rings. The third kappa shape index (κ3) is 4.40. The summed E-state index contributed by atoms with van der Waals surface area (Å²) in [6.07, 6.45) is 4.64. The minimum absolute atomic E-state index is 0.285. The average Bonchev–Trinajstić information content (AvgIpc) is 3.26. The molecule has 0 radical (unpaired) electrons. The molecule has 0 bridgehead atoms. The molecule has 3 nitrogen and oxygen atoms in total. The zero-order valence-corrected chi connectivity index (χ0v) is 14.2. The molecule has 2 rings (SSSR count). The monoisotopic (exact) mass is 305 g/mol. The molecular weight excluding hydrogens is 278 g/mol. The fourth-order valence-corrected chi connectivity index (χ4v) is 2.98. The van der Waals surface area contributed by atoms with Crippen molar-refractivity contribution in [2.24, 2.45) is 4.99 Å². The maximum absolute atomic E-state index is 4.82. The third-order valence-corrected chi connectivity index (χ3v) is 4.67. The highest BCUT2D eigenvalue weighted by Gasteiger charge is 2.44. The molecule has 1 aromatic rings. The minimum Gasteiger partial charge on any atom is -0.357 e. The van der Waals surface area contributed by atoms with Gasteiger partial charge in [-0.2, -0.15) is 11.8 Å². The van der Waals surface area contributed by atoms with E-state index in [0.29, 0.717) is 0 Å². The van der Waals surface area contributed by atoms with Gasteiger partial charge in [-0.3, -0.25) is 4.99 Å². The van der Waals surface area contributed by atoms with E-state index in [4.69, 9.17) is 4.99 Å². The second kappa shape index (κ2) is 7.74. The van der Waals surface area contributed by atoms with Crippen molar-refractivity contribution in [3.05, 3.63) is 35.4 Å². The molecule has 0 atom stereocenters. The molecule has 1 fully saturated rings. The fraction of sp³-hybridized carbons (Fsp3) is 0.588. The van der Waals surface area contributed by atoms with Gasteiger partial charge in [-0.05, 0) is 44.1 Å². The number of aryl methyl sites for hydroxylation is 1. The summed E-state index contributed by atoms with van der Waals surface area (Å²) in [5.41, 5.74) is 3.16. The standard InChI is InChI=1S/C17H27N3S/c1-4-18-16(19-11-12-21-3)20-13-17(9-10-17)15-8-6-5-7-14(15)2/h5-8H,4,9-13H2,1-3H3,(H2,18,19,20). The first-order chi connectivity index (χ1) is 10.2. The number of nitrogens with one attached hydrogen (secondary N) is 2. The number of benzene rings is 1. The number of nitrogens with zero attached hydrogens (tertiary/aromatic N) is 1. The van der Waals surface area contributed by atoms with Gasteiger partial charge in [0.05, 0.1) is 6.54 Å². The molecular formula is C17H27N3S. The van der Waals surface area contributed by atoms with Crippen molar-refractivity contribution < 1.29 is 0 Å². The second-order valence-corrected chi connectivity index (χ2v) is 6.70. The van der Waals surface area contributed by atoms with E-state index in [9.17, 15) is 0 Å². The van der Waals surface area contributed by atoms with E-state index in [-0.39, 0.29) is 5.41 Å². The molecule has 0 saturated heterocycles. The predicted octanol–water partition coefficient (Wildman–Crippen LogP) is 2.94. The maximum atomic E-state index is 4.82. The van der Waals surface area contributed by atoms with Gasteiger partial charge < -0.3 is 10.6 Å². The largest absolute Gasteiger partial charge is 0.357 e. The lowest BCUT2D eigenvalue weighted by atomic mass is 9.92. The number of guanidine groups is 1. The molecule has 116 valence electrons. The van der Waals surface area contributed by atoms with Crippen LogP contribution in [0.25, 0.3) is 0 Å². The van der Waals surface area contributed by atoms with E-state index in [0.717, 1.165) is 31.3 Å². The molecule has 0 heterocycles. The fourth-order valence-electron chi connectivity index (χ4n) is 2.68. The molecule has 0 unspecified atom stereocenters. The van der Waals surface area contributed by atoms with E-state index in [1.807, 2.05) is 11.8 Å². The quantitative estimate of drug-likeness (QED) is 0.462. The number of rotatable bonds is 7. The predicted molar refractivity (Wildman–Crippen MR) is 94.5 cm³/mol. The van der Waals surface area contributed by atoms with Crippen LogP contribution in [0.2, 0.25) is 0 Å². The Morgan fingerprint density at radius 1 is 1.29 bits per heavy atom. The molecule has 0 aliphatic heterocycles. The molecule has 0 amide bonds. The van der Waals surface area contributed by atoms with Crippen molar-refractivity contribution in [1.29, 1.82) is 0 Å². The second-order valence-electron chi connectivity index (χ2n) is 5.71. The Hall–Kier alpha value is -1.16. The summed E-state index contributed by atoms with van der Waals surface area (Å²) in [5, 5.41) is 6.74. The lowest BCUT2D eigenvalue weighted by Gasteiger charge is -2.17. The van der Waals surface area contributed by atoms with Gasteiger partial charge in [0.2, 0.25) is 0 Å². The molecule has 21 heavy (non-hydrogen) atoms. The van der Waals surface area contributed by atoms with Gasteiger partial charge in [0, 0.05) is 24.3 Å². The summed E-state index contributed by atoms with van der Waals surface area (Å²) >= 11 is 1.85. The van der Waals surface area contributed by atoms with Gasteiger partial charge >= 0.3 is 0 Å². The summed E-state index contributed by atoms with van der Waals surface area (Å²) in [6.45, 7) is 7.07. The first-order valence-corrected chi connectivity index (χ1v) is 9.18. The smallest absolute Gasteiger partial charge is 0.191 e. The number of hydrogen-bond donors (Lipinski definition) is 2. The van der Waals surface area contributed by atoms with Crippen molar-refractivity contribution in [2.45, 2.75) is 32.1 Å². The van der Waals surface area contributed by atoms with E-state index >= 15 is 0 Å². The minimum atomic E-state index is 0.285.